The predicted molar refractivity (Wildman–Crippen MR) is 72.0 cm³/mol. The molecule has 2 N–H and O–H groups in total. The van der Waals surface area contributed by atoms with E-state index < -0.39 is 0 Å². The van der Waals surface area contributed by atoms with Crippen LogP contribution >= 0.6 is 0 Å². The van der Waals surface area contributed by atoms with E-state index in [4.69, 9.17) is 5.11 Å². The van der Waals surface area contributed by atoms with E-state index in [-0.39, 0.29) is 0 Å². The third-order valence-corrected chi connectivity index (χ3v) is 2.85. The summed E-state index contributed by atoms with van der Waals surface area (Å²) in [5, 5.41) is 12.1. The van der Waals surface area contributed by atoms with Crippen molar-refractivity contribution in [3.8, 4) is 0 Å². The third-order valence-electron chi connectivity index (χ3n) is 2.85. The van der Waals surface area contributed by atoms with Crippen LogP contribution in [0.3, 0.4) is 0 Å². The van der Waals surface area contributed by atoms with Crippen LogP contribution < -0.4 is 5.32 Å². The second-order valence-corrected chi connectivity index (χ2v) is 4.93. The first-order valence-electron chi connectivity index (χ1n) is 6.71. The second-order valence-electron chi connectivity index (χ2n) is 4.93. The molecular formula is C14H26N2O. The van der Waals surface area contributed by atoms with Crippen molar-refractivity contribution in [2.24, 2.45) is 0 Å². The summed E-state index contributed by atoms with van der Waals surface area (Å²) in [4.78, 5) is 0. The molecule has 0 saturated carbocycles. The van der Waals surface area contributed by atoms with Crippen LogP contribution in [0.15, 0.2) is 18.5 Å². The van der Waals surface area contributed by atoms with Gasteiger partial charge in [0, 0.05) is 38.1 Å². The average Bonchev–Trinajstić information content (AvgIpc) is 2.74. The van der Waals surface area contributed by atoms with Crippen molar-refractivity contribution in [3.63, 3.8) is 0 Å². The number of hydrogen-bond donors (Lipinski definition) is 2. The lowest BCUT2D eigenvalue weighted by molar-refractivity contribution is 0.282. The van der Waals surface area contributed by atoms with Gasteiger partial charge in [-0.1, -0.05) is 26.7 Å². The van der Waals surface area contributed by atoms with Crippen LogP contribution in [0, 0.1) is 0 Å². The van der Waals surface area contributed by atoms with Gasteiger partial charge in [-0.3, -0.25) is 0 Å². The third kappa shape index (κ3) is 6.49. The van der Waals surface area contributed by atoms with E-state index in [1.807, 2.05) is 0 Å². The zero-order valence-electron chi connectivity index (χ0n) is 11.2. The molecule has 0 aromatic carbocycles. The first-order chi connectivity index (χ1) is 8.22. The zero-order valence-corrected chi connectivity index (χ0v) is 11.2. The van der Waals surface area contributed by atoms with Crippen LogP contribution in [0.1, 0.15) is 45.1 Å². The highest BCUT2D eigenvalue weighted by Crippen LogP contribution is 2.05. The van der Waals surface area contributed by atoms with Gasteiger partial charge >= 0.3 is 0 Å². The van der Waals surface area contributed by atoms with E-state index >= 15 is 0 Å². The van der Waals surface area contributed by atoms with Gasteiger partial charge < -0.3 is 15.0 Å². The molecule has 1 heterocycles. The number of aromatic nitrogens is 1. The predicted octanol–water partition coefficient (Wildman–Crippen LogP) is 2.54. The van der Waals surface area contributed by atoms with Crippen molar-refractivity contribution in [3.05, 3.63) is 24.0 Å². The molecule has 0 spiro atoms. The molecule has 0 aliphatic rings. The largest absolute Gasteiger partial charge is 0.396 e. The molecule has 0 fully saturated rings. The van der Waals surface area contributed by atoms with Crippen molar-refractivity contribution in [2.75, 3.05) is 6.61 Å². The van der Waals surface area contributed by atoms with Crippen LogP contribution in [0.5, 0.6) is 0 Å². The summed E-state index contributed by atoms with van der Waals surface area (Å²) in [6.45, 7) is 6.70. The molecule has 0 amide bonds. The summed E-state index contributed by atoms with van der Waals surface area (Å²) < 4.78 is 2.26. The van der Waals surface area contributed by atoms with E-state index in [2.05, 4.69) is 42.2 Å². The summed E-state index contributed by atoms with van der Waals surface area (Å²) in [5.41, 5.74) is 1.36. The molecular weight excluding hydrogens is 212 g/mol. The minimum Gasteiger partial charge on any atom is -0.396 e. The maximum atomic E-state index is 8.68. The summed E-state index contributed by atoms with van der Waals surface area (Å²) in [6.07, 6.45) is 8.86. The lowest BCUT2D eigenvalue weighted by Crippen LogP contribution is -2.21. The number of hydrogen-bond acceptors (Lipinski definition) is 2. The molecule has 0 radical (unpaired) electrons. The highest BCUT2D eigenvalue weighted by molar-refractivity contribution is 5.09. The van der Waals surface area contributed by atoms with Crippen molar-refractivity contribution < 1.29 is 5.11 Å². The molecule has 0 saturated heterocycles. The van der Waals surface area contributed by atoms with Gasteiger partial charge in [0.05, 0.1) is 0 Å². The molecule has 0 bridgehead atoms. The van der Waals surface area contributed by atoms with Crippen molar-refractivity contribution in [1.82, 2.24) is 9.88 Å². The Balaban J connectivity index is 2.17. The molecule has 0 atom stereocenters. The quantitative estimate of drug-likeness (QED) is 0.649. The van der Waals surface area contributed by atoms with Gasteiger partial charge in [-0.15, -0.1) is 0 Å². The van der Waals surface area contributed by atoms with Crippen LogP contribution in [-0.4, -0.2) is 22.3 Å². The van der Waals surface area contributed by atoms with Gasteiger partial charge in [0.1, 0.15) is 0 Å². The number of aliphatic hydroxyl groups is 1. The zero-order chi connectivity index (χ0) is 12.5. The summed E-state index contributed by atoms with van der Waals surface area (Å²) >= 11 is 0. The Bertz CT molecular complexity index is 294. The number of rotatable bonds is 9. The van der Waals surface area contributed by atoms with E-state index in [1.54, 1.807) is 0 Å². The van der Waals surface area contributed by atoms with E-state index in [1.165, 1.54) is 18.4 Å². The topological polar surface area (TPSA) is 37.2 Å². The Hall–Kier alpha value is -0.800. The van der Waals surface area contributed by atoms with E-state index in [0.29, 0.717) is 12.6 Å². The molecule has 17 heavy (non-hydrogen) atoms. The van der Waals surface area contributed by atoms with Crippen molar-refractivity contribution in [2.45, 2.75) is 58.7 Å². The monoisotopic (exact) mass is 238 g/mol. The van der Waals surface area contributed by atoms with Crippen molar-refractivity contribution in [1.29, 1.82) is 0 Å². The highest BCUT2D eigenvalue weighted by Gasteiger charge is 1.98. The second kappa shape index (κ2) is 8.31. The molecule has 1 rings (SSSR count). The molecule has 1 aromatic rings. The lowest BCUT2D eigenvalue weighted by Gasteiger charge is -2.06. The Labute approximate surface area is 105 Å². The number of aliphatic hydroxyl groups excluding tert-OH is 1. The molecule has 0 aliphatic carbocycles. The fourth-order valence-electron chi connectivity index (χ4n) is 1.82. The normalized spacial score (nSPS) is 11.3. The number of nitrogens with zero attached hydrogens (tertiary/aromatic N) is 1. The SMILES string of the molecule is CC(C)NCc1ccn(CCCCCCO)c1. The fourth-order valence-corrected chi connectivity index (χ4v) is 1.82. The highest BCUT2D eigenvalue weighted by atomic mass is 16.2. The van der Waals surface area contributed by atoms with E-state index in [9.17, 15) is 0 Å². The molecule has 3 heteroatoms. The first-order valence-corrected chi connectivity index (χ1v) is 6.71. The molecule has 98 valence electrons. The minimum atomic E-state index is 0.328. The first kappa shape index (κ1) is 14.3. The number of aryl methyl sites for hydroxylation is 1. The summed E-state index contributed by atoms with van der Waals surface area (Å²) in [6, 6.07) is 2.72. The minimum absolute atomic E-state index is 0.328. The van der Waals surface area contributed by atoms with Crippen molar-refractivity contribution >= 4 is 0 Å². The van der Waals surface area contributed by atoms with Gasteiger partial charge in [0.15, 0.2) is 0 Å². The average molecular weight is 238 g/mol. The summed E-state index contributed by atoms with van der Waals surface area (Å²) in [5.74, 6) is 0. The Kier molecular flexibility index (Phi) is 6.97. The smallest absolute Gasteiger partial charge is 0.0431 e. The summed E-state index contributed by atoms with van der Waals surface area (Å²) in [7, 11) is 0. The number of unbranched alkanes of at least 4 members (excludes halogenated alkanes) is 3. The molecule has 0 aliphatic heterocycles. The Morgan fingerprint density at radius 2 is 2.00 bits per heavy atom. The van der Waals surface area contributed by atoms with Crippen LogP contribution in [0.25, 0.3) is 0 Å². The van der Waals surface area contributed by atoms with E-state index in [0.717, 1.165) is 25.9 Å². The van der Waals surface area contributed by atoms with Crippen LogP contribution in [0.4, 0.5) is 0 Å². The molecule has 3 nitrogen and oxygen atoms in total. The Morgan fingerprint density at radius 3 is 2.71 bits per heavy atom. The van der Waals surface area contributed by atoms with Gasteiger partial charge in [-0.2, -0.15) is 0 Å². The maximum absolute atomic E-state index is 8.68. The number of nitrogens with one attached hydrogen (secondary N) is 1. The molecule has 0 unspecified atom stereocenters. The Morgan fingerprint density at radius 1 is 1.24 bits per heavy atom. The van der Waals surface area contributed by atoms with Crippen LogP contribution in [0.2, 0.25) is 0 Å². The lowest BCUT2D eigenvalue weighted by atomic mass is 10.2. The molecule has 1 aromatic heterocycles. The van der Waals surface area contributed by atoms with Gasteiger partial charge in [-0.25, -0.2) is 0 Å². The maximum Gasteiger partial charge on any atom is 0.0431 e. The van der Waals surface area contributed by atoms with Gasteiger partial charge in [0.25, 0.3) is 0 Å². The van der Waals surface area contributed by atoms with Crippen LogP contribution in [-0.2, 0) is 13.1 Å². The standard InChI is InChI=1S/C14H26N2O/c1-13(2)15-11-14-7-9-16(12-14)8-5-3-4-6-10-17/h7,9,12-13,15,17H,3-6,8,10-11H2,1-2H3. The van der Waals surface area contributed by atoms with Gasteiger partial charge in [-0.05, 0) is 24.5 Å². The van der Waals surface area contributed by atoms with Gasteiger partial charge in [0.2, 0.25) is 0 Å². The fraction of sp³-hybridized carbons (Fsp3) is 0.714.